The topological polar surface area (TPSA) is 60.9 Å². The van der Waals surface area contributed by atoms with Crippen LogP contribution >= 0.6 is 27.3 Å². The van der Waals surface area contributed by atoms with E-state index in [1.54, 1.807) is 0 Å². The lowest BCUT2D eigenvalue weighted by atomic mass is 10.1. The van der Waals surface area contributed by atoms with Crippen molar-refractivity contribution >= 4 is 33.0 Å². The number of halogens is 1. The lowest BCUT2D eigenvalue weighted by Crippen LogP contribution is -2.23. The van der Waals surface area contributed by atoms with Gasteiger partial charge in [-0.3, -0.25) is 9.48 Å². The lowest BCUT2D eigenvalue weighted by Gasteiger charge is -2.10. The monoisotopic (exact) mass is 355 g/mol. The minimum Gasteiger partial charge on any atom is -0.317 e. The fraction of sp³-hybridized carbons (Fsp3) is 0.429. The minimum atomic E-state index is -0.549. The number of aromatic nitrogens is 2. The van der Waals surface area contributed by atoms with Crippen molar-refractivity contribution in [1.82, 2.24) is 9.78 Å². The summed E-state index contributed by atoms with van der Waals surface area (Å²) in [7, 11) is 0. The zero-order chi connectivity index (χ0) is 14.7. The zero-order valence-corrected chi connectivity index (χ0v) is 14.0. The van der Waals surface area contributed by atoms with Gasteiger partial charge < -0.3 is 5.73 Å². The second-order valence-corrected chi connectivity index (χ2v) is 6.29. The van der Waals surface area contributed by atoms with E-state index in [1.807, 2.05) is 29.1 Å². The van der Waals surface area contributed by atoms with Gasteiger partial charge in [0.25, 0.3) is 0 Å². The number of aryl methyl sites for hydroxylation is 2. The molecule has 1 unspecified atom stereocenters. The maximum absolute atomic E-state index is 12.3. The summed E-state index contributed by atoms with van der Waals surface area (Å²) in [5.41, 5.74) is 7.93. The minimum absolute atomic E-state index is 0.0189. The molecule has 0 aliphatic rings. The van der Waals surface area contributed by atoms with Gasteiger partial charge in [-0.1, -0.05) is 13.0 Å². The molecule has 0 saturated heterocycles. The Kier molecular flexibility index (Phi) is 5.12. The molecule has 2 aromatic rings. The number of Topliss-reactive ketones (excluding diaryl/α,β-unsaturated/α-hetero) is 1. The molecule has 2 heterocycles. The molecule has 20 heavy (non-hydrogen) atoms. The molecule has 1 atom stereocenters. The van der Waals surface area contributed by atoms with Crippen molar-refractivity contribution in [2.75, 3.05) is 0 Å². The fourth-order valence-corrected chi connectivity index (χ4v) is 3.54. The van der Waals surface area contributed by atoms with E-state index in [0.717, 1.165) is 33.7 Å². The molecule has 0 spiro atoms. The van der Waals surface area contributed by atoms with Gasteiger partial charge in [0, 0.05) is 11.4 Å². The Morgan fingerprint density at radius 3 is 2.85 bits per heavy atom. The van der Waals surface area contributed by atoms with Crippen LogP contribution in [0.25, 0.3) is 0 Å². The first kappa shape index (κ1) is 15.4. The summed E-state index contributed by atoms with van der Waals surface area (Å²) in [5, 5.41) is 6.44. The van der Waals surface area contributed by atoms with Gasteiger partial charge in [0.2, 0.25) is 0 Å². The number of carbonyl (C=O) groups is 1. The summed E-state index contributed by atoms with van der Waals surface area (Å²) >= 11 is 5.07. The SMILES string of the molecule is CCc1nn(CC)c(CC(=O)C(N)c2cccs2)c1Br. The highest BCUT2D eigenvalue weighted by Crippen LogP contribution is 2.25. The summed E-state index contributed by atoms with van der Waals surface area (Å²) < 4.78 is 2.82. The molecule has 2 N–H and O–H groups in total. The van der Waals surface area contributed by atoms with Crippen molar-refractivity contribution in [3.8, 4) is 0 Å². The predicted octanol–water partition coefficient (Wildman–Crippen LogP) is 3.10. The number of nitrogens with two attached hydrogens (primary N) is 1. The van der Waals surface area contributed by atoms with Crippen LogP contribution in [0.3, 0.4) is 0 Å². The summed E-state index contributed by atoms with van der Waals surface area (Å²) in [6, 6.07) is 3.26. The molecule has 2 aromatic heterocycles. The average Bonchev–Trinajstić information content (AvgIpc) is 3.07. The van der Waals surface area contributed by atoms with Gasteiger partial charge in [0.1, 0.15) is 0 Å². The van der Waals surface area contributed by atoms with E-state index in [9.17, 15) is 4.79 Å². The summed E-state index contributed by atoms with van der Waals surface area (Å²) in [6.45, 7) is 4.82. The van der Waals surface area contributed by atoms with E-state index in [4.69, 9.17) is 5.73 Å². The first-order valence-electron chi connectivity index (χ1n) is 6.64. The first-order valence-corrected chi connectivity index (χ1v) is 8.31. The number of carbonyl (C=O) groups excluding carboxylic acids is 1. The largest absolute Gasteiger partial charge is 0.317 e. The number of hydrogen-bond acceptors (Lipinski definition) is 4. The van der Waals surface area contributed by atoms with Crippen molar-refractivity contribution < 1.29 is 4.79 Å². The second-order valence-electron chi connectivity index (χ2n) is 4.51. The van der Waals surface area contributed by atoms with Crippen LogP contribution in [0, 0.1) is 0 Å². The number of ketones is 1. The van der Waals surface area contributed by atoms with Crippen molar-refractivity contribution in [3.05, 3.63) is 38.3 Å². The standard InChI is InChI=1S/C14H18BrN3OS/c1-3-9-13(15)10(18(4-2)17-9)8-11(19)14(16)12-6-5-7-20-12/h5-7,14H,3-4,8,16H2,1-2H3. The van der Waals surface area contributed by atoms with Gasteiger partial charge in [-0.2, -0.15) is 5.10 Å². The number of thiophene rings is 1. The summed E-state index contributed by atoms with van der Waals surface area (Å²) in [4.78, 5) is 13.3. The Balaban J connectivity index is 2.21. The highest BCUT2D eigenvalue weighted by atomic mass is 79.9. The molecule has 0 bridgehead atoms. The van der Waals surface area contributed by atoms with Gasteiger partial charge in [0.05, 0.1) is 28.3 Å². The van der Waals surface area contributed by atoms with E-state index >= 15 is 0 Å². The fourth-order valence-electron chi connectivity index (χ4n) is 2.09. The molecule has 108 valence electrons. The number of rotatable bonds is 6. The van der Waals surface area contributed by atoms with Crippen molar-refractivity contribution in [2.45, 2.75) is 39.3 Å². The van der Waals surface area contributed by atoms with Gasteiger partial charge in [-0.25, -0.2) is 0 Å². The third kappa shape index (κ3) is 3.02. The molecular formula is C14H18BrN3OS. The quantitative estimate of drug-likeness (QED) is 0.865. The molecule has 2 rings (SSSR count). The third-order valence-electron chi connectivity index (χ3n) is 3.23. The molecule has 0 aliphatic heterocycles. The van der Waals surface area contributed by atoms with Crippen molar-refractivity contribution in [1.29, 1.82) is 0 Å². The second kappa shape index (κ2) is 6.65. The Labute approximate surface area is 131 Å². The Morgan fingerprint density at radius 2 is 2.30 bits per heavy atom. The molecule has 0 amide bonds. The molecule has 0 fully saturated rings. The average molecular weight is 356 g/mol. The van der Waals surface area contributed by atoms with Crippen LogP contribution in [-0.4, -0.2) is 15.6 Å². The maximum atomic E-state index is 12.3. The molecule has 0 aromatic carbocycles. The van der Waals surface area contributed by atoms with Crippen molar-refractivity contribution in [3.63, 3.8) is 0 Å². The smallest absolute Gasteiger partial charge is 0.160 e. The highest BCUT2D eigenvalue weighted by molar-refractivity contribution is 9.10. The lowest BCUT2D eigenvalue weighted by molar-refractivity contribution is -0.119. The van der Waals surface area contributed by atoms with E-state index in [2.05, 4.69) is 28.0 Å². The normalized spacial score (nSPS) is 12.6. The Bertz CT molecular complexity index is 592. The van der Waals surface area contributed by atoms with E-state index in [-0.39, 0.29) is 5.78 Å². The van der Waals surface area contributed by atoms with Crippen LogP contribution in [-0.2, 0) is 24.2 Å². The van der Waals surface area contributed by atoms with Crippen LogP contribution in [0.15, 0.2) is 22.0 Å². The Hall–Kier alpha value is -0.980. The van der Waals surface area contributed by atoms with Crippen LogP contribution in [0.5, 0.6) is 0 Å². The number of hydrogen-bond donors (Lipinski definition) is 1. The van der Waals surface area contributed by atoms with Gasteiger partial charge in [-0.15, -0.1) is 11.3 Å². The van der Waals surface area contributed by atoms with E-state index in [0.29, 0.717) is 6.42 Å². The van der Waals surface area contributed by atoms with Crippen LogP contribution in [0.2, 0.25) is 0 Å². The van der Waals surface area contributed by atoms with E-state index in [1.165, 1.54) is 11.3 Å². The summed E-state index contributed by atoms with van der Waals surface area (Å²) in [6.07, 6.45) is 1.15. The molecule has 6 heteroatoms. The Morgan fingerprint density at radius 1 is 1.55 bits per heavy atom. The van der Waals surface area contributed by atoms with Gasteiger partial charge in [-0.05, 0) is 40.7 Å². The van der Waals surface area contributed by atoms with Gasteiger partial charge in [0.15, 0.2) is 5.78 Å². The highest BCUT2D eigenvalue weighted by Gasteiger charge is 2.22. The van der Waals surface area contributed by atoms with Gasteiger partial charge >= 0.3 is 0 Å². The van der Waals surface area contributed by atoms with Crippen LogP contribution < -0.4 is 5.73 Å². The molecule has 4 nitrogen and oxygen atoms in total. The summed E-state index contributed by atoms with van der Waals surface area (Å²) in [5.74, 6) is 0.0189. The third-order valence-corrected chi connectivity index (χ3v) is 5.10. The zero-order valence-electron chi connectivity index (χ0n) is 11.6. The van der Waals surface area contributed by atoms with Crippen LogP contribution in [0.4, 0.5) is 0 Å². The number of nitrogens with zero attached hydrogens (tertiary/aromatic N) is 2. The molecular weight excluding hydrogens is 338 g/mol. The molecule has 0 saturated carbocycles. The molecule has 0 aliphatic carbocycles. The maximum Gasteiger partial charge on any atom is 0.160 e. The van der Waals surface area contributed by atoms with Crippen LogP contribution in [0.1, 0.15) is 36.2 Å². The van der Waals surface area contributed by atoms with E-state index < -0.39 is 6.04 Å². The molecule has 0 radical (unpaired) electrons. The van der Waals surface area contributed by atoms with Crippen molar-refractivity contribution in [2.24, 2.45) is 5.73 Å². The predicted molar refractivity (Wildman–Crippen MR) is 84.9 cm³/mol. The first-order chi connectivity index (χ1) is 9.58.